The number of benzene rings is 2. The number of halogens is 2. The molecule has 4 aromatic rings. The predicted molar refractivity (Wildman–Crippen MR) is 106 cm³/mol. The minimum atomic E-state index is -0.587. The lowest BCUT2D eigenvalue weighted by Gasteiger charge is -2.11. The fourth-order valence-corrected chi connectivity index (χ4v) is 4.06. The van der Waals surface area contributed by atoms with Crippen LogP contribution in [0.25, 0.3) is 22.3 Å². The quantitative estimate of drug-likeness (QED) is 0.558. The molecule has 0 amide bonds. The molecule has 1 N–H and O–H groups in total. The van der Waals surface area contributed by atoms with Crippen LogP contribution in [-0.4, -0.2) is 18.7 Å². The predicted octanol–water partition coefficient (Wildman–Crippen LogP) is 4.06. The smallest absolute Gasteiger partial charge is 0.202 e. The van der Waals surface area contributed by atoms with E-state index in [4.69, 9.17) is 5.41 Å². The largest absolute Gasteiger partial charge is 0.329 e. The van der Waals surface area contributed by atoms with Crippen LogP contribution in [0.3, 0.4) is 0 Å². The third kappa shape index (κ3) is 2.88. The average molecular weight is 393 g/mol. The van der Waals surface area contributed by atoms with Crippen molar-refractivity contribution in [2.45, 2.75) is 25.3 Å². The summed E-state index contributed by atoms with van der Waals surface area (Å²) in [4.78, 5) is 4.49. The van der Waals surface area contributed by atoms with E-state index in [-0.39, 0.29) is 0 Å². The summed E-state index contributed by atoms with van der Waals surface area (Å²) >= 11 is 0. The number of hydrogen-bond donors (Lipinski definition) is 1. The lowest BCUT2D eigenvalue weighted by atomic mass is 10.1. The number of aromatic nitrogens is 4. The van der Waals surface area contributed by atoms with Crippen molar-refractivity contribution in [1.82, 2.24) is 18.7 Å². The summed E-state index contributed by atoms with van der Waals surface area (Å²) in [6, 6.07) is 9.81. The Labute approximate surface area is 166 Å². The van der Waals surface area contributed by atoms with Crippen LogP contribution in [0.1, 0.15) is 30.0 Å². The fraction of sp³-hybridized carbons (Fsp3) is 0.273. The Morgan fingerprint density at radius 2 is 1.79 bits per heavy atom. The van der Waals surface area contributed by atoms with Gasteiger partial charge in [-0.25, -0.2) is 13.8 Å². The van der Waals surface area contributed by atoms with Crippen LogP contribution >= 0.6 is 0 Å². The van der Waals surface area contributed by atoms with E-state index < -0.39 is 11.6 Å². The molecule has 1 aliphatic rings. The van der Waals surface area contributed by atoms with Gasteiger partial charge in [0.1, 0.15) is 11.6 Å². The number of nitrogens with zero attached hydrogens (tertiary/aromatic N) is 4. The minimum absolute atomic E-state index is 0.343. The SMILES string of the molecule is Cn1c(=N)n(C)c2cc(Cn3cnc(-c4ccc(F)cc4F)c3C3CC3)ccc21. The zero-order valence-electron chi connectivity index (χ0n) is 16.3. The molecule has 0 radical (unpaired) electrons. The van der Waals surface area contributed by atoms with Crippen LogP contribution in [0.4, 0.5) is 8.78 Å². The Hall–Kier alpha value is -3.22. The number of nitrogens with one attached hydrogen (secondary N) is 1. The van der Waals surface area contributed by atoms with Crippen molar-refractivity contribution in [1.29, 1.82) is 5.41 Å². The Bertz CT molecular complexity index is 1310. The van der Waals surface area contributed by atoms with Gasteiger partial charge in [0.15, 0.2) is 0 Å². The first kappa shape index (κ1) is 17.8. The summed E-state index contributed by atoms with van der Waals surface area (Å²) in [5.74, 6) is -0.817. The van der Waals surface area contributed by atoms with E-state index >= 15 is 0 Å². The van der Waals surface area contributed by atoms with Crippen LogP contribution < -0.4 is 5.62 Å². The van der Waals surface area contributed by atoms with Gasteiger partial charge in [-0.1, -0.05) is 6.07 Å². The summed E-state index contributed by atoms with van der Waals surface area (Å²) in [6.45, 7) is 0.611. The third-order valence-corrected chi connectivity index (χ3v) is 5.78. The fourth-order valence-electron chi connectivity index (χ4n) is 4.06. The summed E-state index contributed by atoms with van der Waals surface area (Å²) in [6.07, 6.45) is 3.85. The van der Waals surface area contributed by atoms with Gasteiger partial charge in [0.05, 0.1) is 23.1 Å². The number of aryl methyl sites for hydroxylation is 2. The summed E-state index contributed by atoms with van der Waals surface area (Å²) in [7, 11) is 3.77. The molecular weight excluding hydrogens is 372 g/mol. The zero-order chi connectivity index (χ0) is 20.3. The van der Waals surface area contributed by atoms with Gasteiger partial charge in [0, 0.05) is 43.9 Å². The molecule has 0 spiro atoms. The average Bonchev–Trinajstić information content (AvgIpc) is 3.42. The first-order valence-electron chi connectivity index (χ1n) is 9.63. The summed E-state index contributed by atoms with van der Waals surface area (Å²) < 4.78 is 33.5. The number of hydrogen-bond acceptors (Lipinski definition) is 2. The highest BCUT2D eigenvalue weighted by atomic mass is 19.1. The van der Waals surface area contributed by atoms with E-state index in [2.05, 4.69) is 21.7 Å². The van der Waals surface area contributed by atoms with Gasteiger partial charge >= 0.3 is 0 Å². The third-order valence-electron chi connectivity index (χ3n) is 5.78. The van der Waals surface area contributed by atoms with Gasteiger partial charge in [-0.15, -0.1) is 0 Å². The maximum Gasteiger partial charge on any atom is 0.202 e. The van der Waals surface area contributed by atoms with Crippen LogP contribution in [-0.2, 0) is 20.6 Å². The van der Waals surface area contributed by atoms with Crippen molar-refractivity contribution >= 4 is 11.0 Å². The van der Waals surface area contributed by atoms with E-state index in [1.54, 1.807) is 6.33 Å². The number of fused-ring (bicyclic) bond motifs is 1. The molecule has 148 valence electrons. The van der Waals surface area contributed by atoms with Gasteiger partial charge in [-0.05, 0) is 42.7 Å². The number of rotatable bonds is 4. The zero-order valence-corrected chi connectivity index (χ0v) is 16.3. The molecule has 7 heteroatoms. The molecule has 1 aliphatic carbocycles. The van der Waals surface area contributed by atoms with Crippen molar-refractivity contribution < 1.29 is 8.78 Å². The van der Waals surface area contributed by atoms with Crippen molar-refractivity contribution in [3.63, 3.8) is 0 Å². The normalized spacial score (nSPS) is 14.1. The molecule has 0 bridgehead atoms. The highest BCUT2D eigenvalue weighted by molar-refractivity contribution is 5.76. The second-order valence-electron chi connectivity index (χ2n) is 7.77. The van der Waals surface area contributed by atoms with Crippen molar-refractivity contribution in [2.24, 2.45) is 14.1 Å². The van der Waals surface area contributed by atoms with Crippen LogP contribution in [0, 0.1) is 17.0 Å². The molecule has 1 saturated carbocycles. The van der Waals surface area contributed by atoms with E-state index in [1.807, 2.05) is 29.3 Å². The van der Waals surface area contributed by atoms with Crippen molar-refractivity contribution in [3.8, 4) is 11.3 Å². The second kappa shape index (κ2) is 6.40. The van der Waals surface area contributed by atoms with Crippen molar-refractivity contribution in [2.75, 3.05) is 0 Å². The molecule has 0 saturated heterocycles. The van der Waals surface area contributed by atoms with Gasteiger partial charge < -0.3 is 13.7 Å². The van der Waals surface area contributed by atoms with Crippen LogP contribution in [0.2, 0.25) is 0 Å². The van der Waals surface area contributed by atoms with E-state index in [0.29, 0.717) is 29.3 Å². The first-order valence-corrected chi connectivity index (χ1v) is 9.63. The maximum absolute atomic E-state index is 14.4. The summed E-state index contributed by atoms with van der Waals surface area (Å²) in [5, 5.41) is 8.14. The maximum atomic E-state index is 14.4. The number of imidazole rings is 2. The molecule has 0 atom stereocenters. The van der Waals surface area contributed by atoms with E-state index in [0.717, 1.165) is 41.2 Å². The molecular formula is C22H21F2N5. The lowest BCUT2D eigenvalue weighted by molar-refractivity contribution is 0.585. The van der Waals surface area contributed by atoms with Gasteiger partial charge in [0.25, 0.3) is 0 Å². The molecule has 5 nitrogen and oxygen atoms in total. The molecule has 29 heavy (non-hydrogen) atoms. The molecule has 0 unspecified atom stereocenters. The molecule has 2 aromatic carbocycles. The molecule has 5 rings (SSSR count). The molecule has 0 aliphatic heterocycles. The molecule has 2 aromatic heterocycles. The minimum Gasteiger partial charge on any atom is -0.329 e. The first-order chi connectivity index (χ1) is 13.9. The highest BCUT2D eigenvalue weighted by Crippen LogP contribution is 2.44. The molecule has 1 fully saturated rings. The van der Waals surface area contributed by atoms with E-state index in [1.165, 1.54) is 12.1 Å². The topological polar surface area (TPSA) is 51.5 Å². The Morgan fingerprint density at radius 1 is 1.03 bits per heavy atom. The van der Waals surface area contributed by atoms with E-state index in [9.17, 15) is 8.78 Å². The Kier molecular flexibility index (Phi) is 3.94. The van der Waals surface area contributed by atoms with Crippen LogP contribution in [0.15, 0.2) is 42.7 Å². The highest BCUT2D eigenvalue weighted by Gasteiger charge is 2.31. The second-order valence-corrected chi connectivity index (χ2v) is 7.77. The van der Waals surface area contributed by atoms with Gasteiger partial charge in [0.2, 0.25) is 5.62 Å². The Balaban J connectivity index is 1.57. The van der Waals surface area contributed by atoms with Gasteiger partial charge in [-0.3, -0.25) is 5.41 Å². The summed E-state index contributed by atoms with van der Waals surface area (Å²) in [5.41, 5.74) is 5.47. The standard InChI is InChI=1S/C22H21F2N5/c1-27-18-8-3-13(9-19(18)28(2)22(27)25)11-29-12-26-20(21(29)14-4-5-14)16-7-6-15(23)10-17(16)24/h3,6-10,12,14,25H,4-5,11H2,1-2H3. The molecule has 2 heterocycles. The van der Waals surface area contributed by atoms with Crippen LogP contribution in [0.5, 0.6) is 0 Å². The Morgan fingerprint density at radius 3 is 2.52 bits per heavy atom. The van der Waals surface area contributed by atoms with Crippen molar-refractivity contribution in [3.05, 3.63) is 71.2 Å². The van der Waals surface area contributed by atoms with Gasteiger partial charge in [-0.2, -0.15) is 0 Å². The lowest BCUT2D eigenvalue weighted by Crippen LogP contribution is -2.19. The monoisotopic (exact) mass is 393 g/mol.